The van der Waals surface area contributed by atoms with Crippen LogP contribution in [0.1, 0.15) is 11.1 Å². The highest BCUT2D eigenvalue weighted by atomic mass is 16.1. The van der Waals surface area contributed by atoms with Gasteiger partial charge in [-0.05, 0) is 24.3 Å². The minimum absolute atomic E-state index is 0.0886. The molecule has 80 valence electrons. The van der Waals surface area contributed by atoms with Crippen LogP contribution in [0.3, 0.4) is 0 Å². The number of rotatable bonds is 4. The lowest BCUT2D eigenvalue weighted by molar-refractivity contribution is -0.115. The minimum Gasteiger partial charge on any atom is -0.356 e. The van der Waals surface area contributed by atoms with Crippen molar-refractivity contribution in [2.75, 3.05) is 14.1 Å². The lowest BCUT2D eigenvalue weighted by atomic mass is 10.1. The Morgan fingerprint density at radius 3 is 2.47 bits per heavy atom. The van der Waals surface area contributed by atoms with E-state index in [9.17, 15) is 4.79 Å². The van der Waals surface area contributed by atoms with E-state index < -0.39 is 0 Å². The van der Waals surface area contributed by atoms with Crippen molar-refractivity contribution in [3.05, 3.63) is 41.5 Å². The summed E-state index contributed by atoms with van der Waals surface area (Å²) in [6, 6.07) is 8.07. The monoisotopic (exact) mass is 204 g/mol. The fourth-order valence-corrected chi connectivity index (χ4v) is 1.21. The second-order valence-electron chi connectivity index (χ2n) is 3.22. The van der Waals surface area contributed by atoms with Crippen molar-refractivity contribution >= 4 is 12.0 Å². The molecule has 0 unspecified atom stereocenters. The minimum atomic E-state index is -0.0886. The largest absolute Gasteiger partial charge is 0.356 e. The summed E-state index contributed by atoms with van der Waals surface area (Å²) in [6.45, 7) is 0.861. The Hall–Kier alpha value is -1.61. The Bertz CT molecular complexity index is 341. The van der Waals surface area contributed by atoms with Crippen molar-refractivity contribution in [3.63, 3.8) is 0 Å². The van der Waals surface area contributed by atoms with E-state index in [4.69, 9.17) is 0 Å². The number of benzene rings is 1. The van der Waals surface area contributed by atoms with E-state index in [-0.39, 0.29) is 5.91 Å². The summed E-state index contributed by atoms with van der Waals surface area (Å²) in [5.74, 6) is -0.0886. The van der Waals surface area contributed by atoms with Crippen LogP contribution in [-0.4, -0.2) is 20.0 Å². The zero-order valence-electron chi connectivity index (χ0n) is 9.08. The summed E-state index contributed by atoms with van der Waals surface area (Å²) in [6.07, 6.45) is 3.31. The van der Waals surface area contributed by atoms with Crippen LogP contribution < -0.4 is 10.6 Å². The maximum absolute atomic E-state index is 10.9. The Kier molecular flexibility index (Phi) is 4.57. The van der Waals surface area contributed by atoms with Gasteiger partial charge in [0.15, 0.2) is 0 Å². The van der Waals surface area contributed by atoms with Crippen molar-refractivity contribution in [1.82, 2.24) is 10.6 Å². The van der Waals surface area contributed by atoms with E-state index in [0.29, 0.717) is 0 Å². The molecule has 0 radical (unpaired) electrons. The normalized spacial score (nSPS) is 10.5. The molecule has 2 N–H and O–H groups in total. The van der Waals surface area contributed by atoms with Gasteiger partial charge in [-0.25, -0.2) is 0 Å². The molecule has 3 nitrogen and oxygen atoms in total. The van der Waals surface area contributed by atoms with E-state index in [1.54, 1.807) is 13.1 Å². The molecule has 15 heavy (non-hydrogen) atoms. The van der Waals surface area contributed by atoms with Crippen LogP contribution in [0.2, 0.25) is 0 Å². The third-order valence-corrected chi connectivity index (χ3v) is 2.03. The van der Waals surface area contributed by atoms with Gasteiger partial charge in [0.25, 0.3) is 0 Å². The molecule has 0 atom stereocenters. The Labute approximate surface area is 90.2 Å². The number of nitrogens with one attached hydrogen (secondary N) is 2. The summed E-state index contributed by atoms with van der Waals surface area (Å²) in [5.41, 5.74) is 2.26. The molecule has 1 rings (SSSR count). The Morgan fingerprint density at radius 2 is 1.93 bits per heavy atom. The van der Waals surface area contributed by atoms with Crippen LogP contribution in [0.5, 0.6) is 0 Å². The van der Waals surface area contributed by atoms with Gasteiger partial charge in [0, 0.05) is 19.7 Å². The molecular formula is C12H16N2O. The quantitative estimate of drug-likeness (QED) is 0.723. The average Bonchev–Trinajstić information content (AvgIpc) is 2.28. The molecule has 0 bridgehead atoms. The predicted molar refractivity (Wildman–Crippen MR) is 62.3 cm³/mol. The Balaban J connectivity index is 2.64. The van der Waals surface area contributed by atoms with Crippen molar-refractivity contribution in [3.8, 4) is 0 Å². The number of likely N-dealkylation sites (N-methyl/N-ethyl adjacent to an activating group) is 1. The molecule has 0 aliphatic carbocycles. The second-order valence-corrected chi connectivity index (χ2v) is 3.22. The number of hydrogen-bond acceptors (Lipinski definition) is 2. The first-order valence-electron chi connectivity index (χ1n) is 4.89. The third-order valence-electron chi connectivity index (χ3n) is 2.03. The van der Waals surface area contributed by atoms with Gasteiger partial charge in [-0.15, -0.1) is 0 Å². The molecular weight excluding hydrogens is 188 g/mol. The number of amides is 1. The fourth-order valence-electron chi connectivity index (χ4n) is 1.21. The van der Waals surface area contributed by atoms with E-state index in [2.05, 4.69) is 10.6 Å². The SMILES string of the molecule is CNCc1ccc(/C=C/C(=O)NC)cc1. The highest BCUT2D eigenvalue weighted by Crippen LogP contribution is 2.05. The molecule has 1 aromatic rings. The van der Waals surface area contributed by atoms with E-state index >= 15 is 0 Å². The lowest BCUT2D eigenvalue weighted by Crippen LogP contribution is -2.13. The molecule has 0 aliphatic heterocycles. The Morgan fingerprint density at radius 1 is 1.27 bits per heavy atom. The average molecular weight is 204 g/mol. The van der Waals surface area contributed by atoms with Crippen LogP contribution in [0, 0.1) is 0 Å². The summed E-state index contributed by atoms with van der Waals surface area (Å²) in [5, 5.41) is 5.61. The summed E-state index contributed by atoms with van der Waals surface area (Å²) < 4.78 is 0. The van der Waals surface area contributed by atoms with Crippen molar-refractivity contribution in [2.45, 2.75) is 6.54 Å². The molecule has 0 spiro atoms. The van der Waals surface area contributed by atoms with Gasteiger partial charge in [-0.2, -0.15) is 0 Å². The molecule has 0 aliphatic rings. The molecule has 0 fully saturated rings. The smallest absolute Gasteiger partial charge is 0.243 e. The topological polar surface area (TPSA) is 41.1 Å². The highest BCUT2D eigenvalue weighted by molar-refractivity contribution is 5.91. The summed E-state index contributed by atoms with van der Waals surface area (Å²) in [4.78, 5) is 10.9. The third kappa shape index (κ3) is 3.95. The van der Waals surface area contributed by atoms with E-state index in [1.165, 1.54) is 11.6 Å². The van der Waals surface area contributed by atoms with Gasteiger partial charge in [-0.3, -0.25) is 4.79 Å². The summed E-state index contributed by atoms with van der Waals surface area (Å²) in [7, 11) is 3.53. The first-order valence-corrected chi connectivity index (χ1v) is 4.89. The lowest BCUT2D eigenvalue weighted by Gasteiger charge is -1.99. The first-order chi connectivity index (χ1) is 7.26. The van der Waals surface area contributed by atoms with Gasteiger partial charge >= 0.3 is 0 Å². The van der Waals surface area contributed by atoms with Crippen LogP contribution >= 0.6 is 0 Å². The van der Waals surface area contributed by atoms with Crippen LogP contribution in [0.4, 0.5) is 0 Å². The van der Waals surface area contributed by atoms with Gasteiger partial charge < -0.3 is 10.6 Å². The van der Waals surface area contributed by atoms with E-state index in [0.717, 1.165) is 12.1 Å². The standard InChI is InChI=1S/C12H16N2O/c1-13-9-11-5-3-10(4-6-11)7-8-12(15)14-2/h3-8,13H,9H2,1-2H3,(H,14,15)/b8-7+. The maximum Gasteiger partial charge on any atom is 0.243 e. The number of hydrogen-bond donors (Lipinski definition) is 2. The van der Waals surface area contributed by atoms with Crippen molar-refractivity contribution in [2.24, 2.45) is 0 Å². The van der Waals surface area contributed by atoms with Crippen molar-refractivity contribution in [1.29, 1.82) is 0 Å². The van der Waals surface area contributed by atoms with Crippen molar-refractivity contribution < 1.29 is 4.79 Å². The highest BCUT2D eigenvalue weighted by Gasteiger charge is 1.92. The fraction of sp³-hybridized carbons (Fsp3) is 0.250. The molecule has 0 saturated heterocycles. The predicted octanol–water partition coefficient (Wildman–Crippen LogP) is 1.17. The molecule has 1 amide bonds. The molecule has 0 saturated carbocycles. The zero-order chi connectivity index (χ0) is 11.1. The summed E-state index contributed by atoms with van der Waals surface area (Å²) >= 11 is 0. The second kappa shape index (κ2) is 5.98. The number of carbonyl (C=O) groups excluding carboxylic acids is 1. The molecule has 1 aromatic carbocycles. The van der Waals surface area contributed by atoms with Gasteiger partial charge in [0.05, 0.1) is 0 Å². The molecule has 3 heteroatoms. The van der Waals surface area contributed by atoms with Crippen LogP contribution in [0.15, 0.2) is 30.3 Å². The van der Waals surface area contributed by atoms with E-state index in [1.807, 2.05) is 31.3 Å². The van der Waals surface area contributed by atoms with Crippen LogP contribution in [-0.2, 0) is 11.3 Å². The van der Waals surface area contributed by atoms with Crippen LogP contribution in [0.25, 0.3) is 6.08 Å². The molecule has 0 heterocycles. The van der Waals surface area contributed by atoms with Gasteiger partial charge in [0.2, 0.25) is 5.91 Å². The zero-order valence-corrected chi connectivity index (χ0v) is 9.08. The maximum atomic E-state index is 10.9. The number of carbonyl (C=O) groups is 1. The van der Waals surface area contributed by atoms with Gasteiger partial charge in [0.1, 0.15) is 0 Å². The molecule has 0 aromatic heterocycles. The van der Waals surface area contributed by atoms with Gasteiger partial charge in [-0.1, -0.05) is 24.3 Å². The first kappa shape index (κ1) is 11.5.